The maximum Gasteiger partial charge on any atom is 0.306 e. The van der Waals surface area contributed by atoms with Gasteiger partial charge in [0.15, 0.2) is 6.10 Å². The lowest BCUT2D eigenvalue weighted by molar-refractivity contribution is -0.167. The molecule has 0 bridgehead atoms. The number of allylic oxidation sites excluding steroid dienone is 32. The minimum absolute atomic E-state index is 0.109. The number of unbranched alkanes of at least 4 members (excludes halogenated alkanes) is 14. The fraction of sp³-hybridized carbons (Fsp3) is 0.545. The second-order valence-electron chi connectivity index (χ2n) is 20.9. The van der Waals surface area contributed by atoms with Crippen LogP contribution in [-0.4, -0.2) is 37.2 Å². The van der Waals surface area contributed by atoms with E-state index in [1.807, 2.05) is 0 Å². The van der Waals surface area contributed by atoms with Crippen molar-refractivity contribution < 1.29 is 28.6 Å². The van der Waals surface area contributed by atoms with Crippen molar-refractivity contribution in [2.24, 2.45) is 0 Å². The highest BCUT2D eigenvalue weighted by molar-refractivity contribution is 5.71. The van der Waals surface area contributed by atoms with E-state index in [0.29, 0.717) is 19.3 Å². The van der Waals surface area contributed by atoms with Gasteiger partial charge < -0.3 is 14.2 Å². The fourth-order valence-electron chi connectivity index (χ4n) is 8.24. The average Bonchev–Trinajstić information content (AvgIpc) is 3.50. The van der Waals surface area contributed by atoms with Crippen molar-refractivity contribution in [3.63, 3.8) is 0 Å². The Labute approximate surface area is 509 Å². The first kappa shape index (κ1) is 77.2. The van der Waals surface area contributed by atoms with E-state index in [0.717, 1.165) is 167 Å². The van der Waals surface area contributed by atoms with E-state index in [9.17, 15) is 14.4 Å². The zero-order chi connectivity index (χ0) is 59.9. The van der Waals surface area contributed by atoms with Gasteiger partial charge in [-0.1, -0.05) is 279 Å². The van der Waals surface area contributed by atoms with Crippen LogP contribution in [0.2, 0.25) is 0 Å². The lowest BCUT2D eigenvalue weighted by Gasteiger charge is -2.18. The normalized spacial score (nSPS) is 13.4. The third-order valence-corrected chi connectivity index (χ3v) is 13.1. The van der Waals surface area contributed by atoms with Crippen LogP contribution in [0.25, 0.3) is 0 Å². The van der Waals surface area contributed by atoms with Crippen molar-refractivity contribution in [1.29, 1.82) is 0 Å². The molecule has 0 N–H and O–H groups in total. The largest absolute Gasteiger partial charge is 0.462 e. The van der Waals surface area contributed by atoms with Gasteiger partial charge in [-0.15, -0.1) is 0 Å². The lowest BCUT2D eigenvalue weighted by Crippen LogP contribution is -2.30. The smallest absolute Gasteiger partial charge is 0.306 e. The molecular formula is C77H118O6. The summed E-state index contributed by atoms with van der Waals surface area (Å²) in [5.41, 5.74) is 0. The van der Waals surface area contributed by atoms with Gasteiger partial charge in [0.05, 0.1) is 0 Å². The van der Waals surface area contributed by atoms with Crippen LogP contribution >= 0.6 is 0 Å². The van der Waals surface area contributed by atoms with Crippen molar-refractivity contribution in [3.05, 3.63) is 194 Å². The molecule has 0 aliphatic heterocycles. The third kappa shape index (κ3) is 66.9. The minimum Gasteiger partial charge on any atom is -0.462 e. The molecule has 0 aromatic heterocycles. The molecule has 0 fully saturated rings. The number of hydrogen-bond donors (Lipinski definition) is 0. The fourth-order valence-corrected chi connectivity index (χ4v) is 8.24. The first-order chi connectivity index (χ1) is 41.0. The Morgan fingerprint density at radius 2 is 0.470 bits per heavy atom. The summed E-state index contributed by atoms with van der Waals surface area (Å²) in [6.45, 7) is 6.30. The van der Waals surface area contributed by atoms with Crippen LogP contribution in [-0.2, 0) is 28.6 Å². The van der Waals surface area contributed by atoms with Gasteiger partial charge >= 0.3 is 17.9 Å². The van der Waals surface area contributed by atoms with Crippen LogP contribution in [0.15, 0.2) is 194 Å². The maximum atomic E-state index is 12.9. The van der Waals surface area contributed by atoms with Gasteiger partial charge in [-0.25, -0.2) is 0 Å². The molecule has 0 rings (SSSR count). The summed E-state index contributed by atoms with van der Waals surface area (Å²) < 4.78 is 16.8. The van der Waals surface area contributed by atoms with Crippen molar-refractivity contribution in [1.82, 2.24) is 0 Å². The molecule has 83 heavy (non-hydrogen) atoms. The van der Waals surface area contributed by atoms with Crippen molar-refractivity contribution in [2.45, 2.75) is 258 Å². The lowest BCUT2D eigenvalue weighted by atomic mass is 10.1. The standard InChI is InChI=1S/C77H118O6/c1-4-7-10-13-16-18-20-22-24-26-28-30-32-34-36-37-38-39-41-42-44-46-48-50-52-54-56-58-61-64-67-70-76(79)82-73-74(72-81-75(78)69-66-63-60-15-12-9-6-3)83-77(80)71-68-65-62-59-57-55-53-51-49-47-45-43-40-35-33-31-29-27-25-23-21-19-17-14-11-8-5-2/h7-8,10-11,16-19,22-25,28-31,34-36,38-40,42,44-45,47-48,50-51,53,57,59,74H,4-6,9,12-15,20-21,26-27,32-33,37,41,43,46,49,52,54-56,58,60-73H2,1-3H3/b10-7-,11-8-,18-16-,19-17-,24-22-,25-23-,30-28-,31-29-,36-34-,39-38-,40-35-,44-42-,47-45-,50-48-,53-51-,59-57-. The quantitative estimate of drug-likeness (QED) is 0.0261. The summed E-state index contributed by atoms with van der Waals surface area (Å²) in [5.74, 6) is -0.985. The molecule has 0 heterocycles. The van der Waals surface area contributed by atoms with E-state index in [4.69, 9.17) is 14.2 Å². The van der Waals surface area contributed by atoms with Gasteiger partial charge in [-0.05, 0) is 148 Å². The molecular weight excluding hydrogens is 1020 g/mol. The van der Waals surface area contributed by atoms with Crippen LogP contribution in [0.3, 0.4) is 0 Å². The molecule has 0 aromatic rings. The Bertz CT molecular complexity index is 1990. The summed E-state index contributed by atoms with van der Waals surface area (Å²) in [6, 6.07) is 0. The molecule has 0 saturated heterocycles. The highest BCUT2D eigenvalue weighted by atomic mass is 16.6. The van der Waals surface area contributed by atoms with Crippen molar-refractivity contribution in [3.8, 4) is 0 Å². The number of hydrogen-bond acceptors (Lipinski definition) is 6. The molecule has 6 heteroatoms. The average molecular weight is 1140 g/mol. The van der Waals surface area contributed by atoms with Gasteiger partial charge in [-0.3, -0.25) is 14.4 Å². The summed E-state index contributed by atoms with van der Waals surface area (Å²) in [4.78, 5) is 38.1. The number of carbonyl (C=O) groups is 3. The predicted octanol–water partition coefficient (Wildman–Crippen LogP) is 23.0. The van der Waals surface area contributed by atoms with E-state index in [-0.39, 0.29) is 37.5 Å². The molecule has 462 valence electrons. The van der Waals surface area contributed by atoms with Gasteiger partial charge in [-0.2, -0.15) is 0 Å². The van der Waals surface area contributed by atoms with Crippen LogP contribution in [0.5, 0.6) is 0 Å². The zero-order valence-corrected chi connectivity index (χ0v) is 52.9. The number of carbonyl (C=O) groups excluding carboxylic acids is 3. The van der Waals surface area contributed by atoms with Crippen LogP contribution in [0.1, 0.15) is 252 Å². The molecule has 0 amide bonds. The van der Waals surface area contributed by atoms with E-state index in [2.05, 4.69) is 215 Å². The molecule has 0 aromatic carbocycles. The number of esters is 3. The Morgan fingerprint density at radius 3 is 0.759 bits per heavy atom. The first-order valence-corrected chi connectivity index (χ1v) is 32.9. The molecule has 0 saturated carbocycles. The van der Waals surface area contributed by atoms with Crippen LogP contribution in [0, 0.1) is 0 Å². The van der Waals surface area contributed by atoms with Gasteiger partial charge in [0.1, 0.15) is 13.2 Å². The second kappa shape index (κ2) is 68.7. The van der Waals surface area contributed by atoms with Crippen molar-refractivity contribution >= 4 is 17.9 Å². The van der Waals surface area contributed by atoms with Crippen LogP contribution in [0.4, 0.5) is 0 Å². The summed E-state index contributed by atoms with van der Waals surface area (Å²) in [6.07, 6.45) is 105. The van der Waals surface area contributed by atoms with Crippen LogP contribution < -0.4 is 0 Å². The summed E-state index contributed by atoms with van der Waals surface area (Å²) >= 11 is 0. The predicted molar refractivity (Wildman–Crippen MR) is 361 cm³/mol. The maximum absolute atomic E-state index is 12.9. The van der Waals surface area contributed by atoms with Crippen molar-refractivity contribution in [2.75, 3.05) is 13.2 Å². The van der Waals surface area contributed by atoms with Gasteiger partial charge in [0, 0.05) is 19.3 Å². The molecule has 1 unspecified atom stereocenters. The molecule has 1 atom stereocenters. The van der Waals surface area contributed by atoms with E-state index < -0.39 is 6.10 Å². The highest BCUT2D eigenvalue weighted by Gasteiger charge is 2.19. The molecule has 0 radical (unpaired) electrons. The van der Waals surface area contributed by atoms with E-state index >= 15 is 0 Å². The first-order valence-electron chi connectivity index (χ1n) is 32.9. The Balaban J connectivity index is 4.31. The van der Waals surface area contributed by atoms with Gasteiger partial charge in [0.25, 0.3) is 0 Å². The molecule has 6 nitrogen and oxygen atoms in total. The zero-order valence-electron chi connectivity index (χ0n) is 52.9. The monoisotopic (exact) mass is 1140 g/mol. The summed E-state index contributed by atoms with van der Waals surface area (Å²) in [5, 5.41) is 0. The van der Waals surface area contributed by atoms with E-state index in [1.54, 1.807) is 0 Å². The highest BCUT2D eigenvalue weighted by Crippen LogP contribution is 2.13. The Kier molecular flexibility index (Phi) is 64.0. The number of rotatable bonds is 57. The second-order valence-corrected chi connectivity index (χ2v) is 20.9. The van der Waals surface area contributed by atoms with E-state index in [1.165, 1.54) is 38.5 Å². The Hall–Kier alpha value is -5.75. The number of ether oxygens (including phenoxy) is 3. The topological polar surface area (TPSA) is 78.9 Å². The third-order valence-electron chi connectivity index (χ3n) is 13.1. The molecule has 0 aliphatic rings. The SMILES string of the molecule is CC/C=C\C/C=C\C/C=C\C/C=C\C/C=C\C/C=C\C/C=C\C/C=C\CCCCCCCCC(=O)OCC(COC(=O)CCCCCCCCC)OC(=O)CCCC/C=C\C/C=C\C/C=C\C/C=C\C/C=C\C/C=C\C/C=C\C/C=C\CC. The molecule has 0 aliphatic carbocycles. The molecule has 0 spiro atoms. The van der Waals surface area contributed by atoms with Gasteiger partial charge in [0.2, 0.25) is 0 Å². The Morgan fingerprint density at radius 1 is 0.253 bits per heavy atom. The minimum atomic E-state index is -0.817. The summed E-state index contributed by atoms with van der Waals surface area (Å²) in [7, 11) is 0.